The molecule has 2 aromatic rings. The van der Waals surface area contributed by atoms with Crippen LogP contribution in [0.3, 0.4) is 0 Å². The maximum absolute atomic E-state index is 13.0. The molecule has 2 rings (SSSR count). The van der Waals surface area contributed by atoms with E-state index < -0.39 is 17.5 Å². The largest absolute Gasteiger partial charge is 0.352 e. The molecule has 0 saturated heterocycles. The van der Waals surface area contributed by atoms with Crippen LogP contribution in [0.5, 0.6) is 0 Å². The van der Waals surface area contributed by atoms with Crippen molar-refractivity contribution < 1.29 is 13.6 Å². The van der Waals surface area contributed by atoms with Gasteiger partial charge in [0.25, 0.3) is 5.91 Å². The summed E-state index contributed by atoms with van der Waals surface area (Å²) in [5.74, 6) is -2.38. The number of nitrogens with zero attached hydrogens (tertiary/aromatic N) is 1. The van der Waals surface area contributed by atoms with Crippen molar-refractivity contribution in [2.45, 2.75) is 19.8 Å². The van der Waals surface area contributed by atoms with Gasteiger partial charge in [0.1, 0.15) is 0 Å². The van der Waals surface area contributed by atoms with E-state index in [1.807, 2.05) is 12.3 Å². The van der Waals surface area contributed by atoms with E-state index in [1.54, 1.807) is 11.3 Å². The lowest BCUT2D eigenvalue weighted by Gasteiger charge is -2.04. The molecule has 1 heterocycles. The van der Waals surface area contributed by atoms with Gasteiger partial charge >= 0.3 is 0 Å². The lowest BCUT2D eigenvalue weighted by molar-refractivity contribution is 0.0952. The molecule has 1 aromatic carbocycles. The van der Waals surface area contributed by atoms with Crippen molar-refractivity contribution in [2.24, 2.45) is 0 Å². The molecule has 0 bridgehead atoms. The van der Waals surface area contributed by atoms with E-state index in [-0.39, 0.29) is 5.56 Å². The van der Waals surface area contributed by atoms with E-state index in [4.69, 9.17) is 0 Å². The normalized spacial score (nSPS) is 10.6. The Balaban J connectivity index is 1.78. The van der Waals surface area contributed by atoms with Crippen molar-refractivity contribution in [2.75, 3.05) is 6.54 Å². The van der Waals surface area contributed by atoms with E-state index in [2.05, 4.69) is 10.3 Å². The van der Waals surface area contributed by atoms with E-state index in [9.17, 15) is 13.6 Å². The average molecular weight is 296 g/mol. The Hall–Kier alpha value is -1.82. The number of hydrogen-bond donors (Lipinski definition) is 1. The summed E-state index contributed by atoms with van der Waals surface area (Å²) >= 11 is 1.59. The molecule has 0 aliphatic carbocycles. The molecule has 6 heteroatoms. The molecule has 0 aliphatic rings. The highest BCUT2D eigenvalue weighted by Gasteiger charge is 2.09. The highest BCUT2D eigenvalue weighted by atomic mass is 32.1. The van der Waals surface area contributed by atoms with Gasteiger partial charge in [0.2, 0.25) is 0 Å². The summed E-state index contributed by atoms with van der Waals surface area (Å²) in [6.45, 7) is 2.40. The van der Waals surface area contributed by atoms with Crippen LogP contribution in [-0.2, 0) is 6.42 Å². The number of halogens is 2. The first kappa shape index (κ1) is 14.6. The summed E-state index contributed by atoms with van der Waals surface area (Å²) in [6.07, 6.45) is 1.54. The third-order valence-corrected chi connectivity index (χ3v) is 3.73. The lowest BCUT2D eigenvalue weighted by Crippen LogP contribution is -2.24. The first-order valence-corrected chi connectivity index (χ1v) is 7.08. The first-order chi connectivity index (χ1) is 9.56. The van der Waals surface area contributed by atoms with E-state index >= 15 is 0 Å². The number of carbonyl (C=O) groups excluding carboxylic acids is 1. The van der Waals surface area contributed by atoms with Crippen molar-refractivity contribution in [1.82, 2.24) is 10.3 Å². The molecule has 0 radical (unpaired) electrons. The second-order valence-corrected chi connectivity index (χ2v) is 5.31. The van der Waals surface area contributed by atoms with Crippen LogP contribution >= 0.6 is 11.3 Å². The number of hydrogen-bond acceptors (Lipinski definition) is 3. The van der Waals surface area contributed by atoms with Gasteiger partial charge in [0, 0.05) is 29.6 Å². The SMILES string of the molecule is Cc1csc(CCCNC(=O)c2ccc(F)c(F)c2)n1. The van der Waals surface area contributed by atoms with Gasteiger partial charge in [-0.1, -0.05) is 0 Å². The van der Waals surface area contributed by atoms with Crippen LogP contribution in [0.25, 0.3) is 0 Å². The number of benzene rings is 1. The van der Waals surface area contributed by atoms with Gasteiger partial charge in [0.15, 0.2) is 11.6 Å². The minimum Gasteiger partial charge on any atom is -0.352 e. The highest BCUT2D eigenvalue weighted by Crippen LogP contribution is 2.11. The van der Waals surface area contributed by atoms with Crippen molar-refractivity contribution in [3.63, 3.8) is 0 Å². The third kappa shape index (κ3) is 3.84. The van der Waals surface area contributed by atoms with Crippen LogP contribution in [0.1, 0.15) is 27.5 Å². The quantitative estimate of drug-likeness (QED) is 0.862. The third-order valence-electron chi connectivity index (χ3n) is 2.70. The van der Waals surface area contributed by atoms with Crippen LogP contribution in [0.15, 0.2) is 23.6 Å². The zero-order chi connectivity index (χ0) is 14.5. The Kier molecular flexibility index (Phi) is 4.79. The van der Waals surface area contributed by atoms with Crippen LogP contribution in [0, 0.1) is 18.6 Å². The van der Waals surface area contributed by atoms with Gasteiger partial charge in [-0.25, -0.2) is 13.8 Å². The summed E-state index contributed by atoms with van der Waals surface area (Å²) < 4.78 is 25.7. The molecule has 0 saturated carbocycles. The monoisotopic (exact) mass is 296 g/mol. The van der Waals surface area contributed by atoms with E-state index in [0.717, 1.165) is 35.7 Å². The lowest BCUT2D eigenvalue weighted by atomic mass is 10.2. The molecule has 1 amide bonds. The van der Waals surface area contributed by atoms with Crippen LogP contribution in [0.4, 0.5) is 8.78 Å². The van der Waals surface area contributed by atoms with Gasteiger partial charge in [-0.15, -0.1) is 11.3 Å². The van der Waals surface area contributed by atoms with E-state index in [0.29, 0.717) is 6.54 Å². The molecule has 0 aliphatic heterocycles. The Labute approximate surface area is 119 Å². The average Bonchev–Trinajstić information content (AvgIpc) is 2.83. The maximum Gasteiger partial charge on any atom is 0.251 e. The van der Waals surface area contributed by atoms with Gasteiger partial charge < -0.3 is 5.32 Å². The number of aryl methyl sites for hydroxylation is 2. The molecule has 20 heavy (non-hydrogen) atoms. The van der Waals surface area contributed by atoms with E-state index in [1.165, 1.54) is 6.07 Å². The summed E-state index contributed by atoms with van der Waals surface area (Å²) in [4.78, 5) is 16.0. The van der Waals surface area contributed by atoms with Crippen molar-refractivity contribution in [3.05, 3.63) is 51.5 Å². The van der Waals surface area contributed by atoms with Gasteiger partial charge in [-0.05, 0) is 31.5 Å². The Morgan fingerprint density at radius 3 is 2.80 bits per heavy atom. The number of carbonyl (C=O) groups is 1. The predicted molar refractivity (Wildman–Crippen MR) is 73.9 cm³/mol. The summed E-state index contributed by atoms with van der Waals surface area (Å²) in [5.41, 5.74) is 1.12. The summed E-state index contributed by atoms with van der Waals surface area (Å²) in [5, 5.41) is 5.68. The predicted octanol–water partition coefficient (Wildman–Crippen LogP) is 3.09. The molecule has 0 spiro atoms. The second kappa shape index (κ2) is 6.56. The van der Waals surface area contributed by atoms with Crippen molar-refractivity contribution >= 4 is 17.2 Å². The number of thiazole rings is 1. The number of nitrogens with one attached hydrogen (secondary N) is 1. The molecule has 1 N–H and O–H groups in total. The Bertz CT molecular complexity index is 613. The van der Waals surface area contributed by atoms with Gasteiger partial charge in [-0.3, -0.25) is 4.79 Å². The molecule has 3 nitrogen and oxygen atoms in total. The molecule has 0 fully saturated rings. The molecule has 106 valence electrons. The molecule has 0 atom stereocenters. The first-order valence-electron chi connectivity index (χ1n) is 6.20. The molecule has 1 aromatic heterocycles. The maximum atomic E-state index is 13.0. The summed E-state index contributed by atoms with van der Waals surface area (Å²) in [6, 6.07) is 3.11. The zero-order valence-corrected chi connectivity index (χ0v) is 11.8. The molecular formula is C14H14F2N2OS. The Morgan fingerprint density at radius 1 is 1.35 bits per heavy atom. The Morgan fingerprint density at radius 2 is 2.15 bits per heavy atom. The summed E-state index contributed by atoms with van der Waals surface area (Å²) in [7, 11) is 0. The second-order valence-electron chi connectivity index (χ2n) is 4.37. The fourth-order valence-electron chi connectivity index (χ4n) is 1.70. The number of rotatable bonds is 5. The minimum atomic E-state index is -1.02. The van der Waals surface area contributed by atoms with Crippen molar-refractivity contribution in [3.8, 4) is 0 Å². The number of aromatic nitrogens is 1. The van der Waals surface area contributed by atoms with Crippen LogP contribution < -0.4 is 5.32 Å². The fourth-order valence-corrected chi connectivity index (χ4v) is 2.52. The van der Waals surface area contributed by atoms with Gasteiger partial charge in [-0.2, -0.15) is 0 Å². The van der Waals surface area contributed by atoms with Crippen LogP contribution in [-0.4, -0.2) is 17.4 Å². The minimum absolute atomic E-state index is 0.119. The molecule has 0 unspecified atom stereocenters. The van der Waals surface area contributed by atoms with Crippen LogP contribution in [0.2, 0.25) is 0 Å². The topological polar surface area (TPSA) is 42.0 Å². The number of amides is 1. The molecular weight excluding hydrogens is 282 g/mol. The smallest absolute Gasteiger partial charge is 0.251 e. The van der Waals surface area contributed by atoms with Gasteiger partial charge in [0.05, 0.1) is 5.01 Å². The zero-order valence-electron chi connectivity index (χ0n) is 11.0. The fraction of sp³-hybridized carbons (Fsp3) is 0.286. The highest BCUT2D eigenvalue weighted by molar-refractivity contribution is 7.09. The van der Waals surface area contributed by atoms with Crippen molar-refractivity contribution in [1.29, 1.82) is 0 Å². The standard InChI is InChI=1S/C14H14F2N2OS/c1-9-8-20-13(18-9)3-2-6-17-14(19)10-4-5-11(15)12(16)7-10/h4-5,7-8H,2-3,6H2,1H3,(H,17,19).